The van der Waals surface area contributed by atoms with E-state index in [0.717, 1.165) is 23.3 Å². The quantitative estimate of drug-likeness (QED) is 0.306. The molecule has 0 spiro atoms. The second kappa shape index (κ2) is 9.40. The molecule has 2 aromatic carbocycles. The van der Waals surface area contributed by atoms with Crippen LogP contribution in [0.2, 0.25) is 5.02 Å². The Bertz CT molecular complexity index is 1510. The molecular formula is C23H19ClF2N4O3S. The zero-order chi connectivity index (χ0) is 24.5. The summed E-state index contributed by atoms with van der Waals surface area (Å²) in [7, 11) is -3.84. The summed E-state index contributed by atoms with van der Waals surface area (Å²) in [5, 5.41) is 3.63. The van der Waals surface area contributed by atoms with Crippen molar-refractivity contribution in [3.63, 3.8) is 0 Å². The number of aromatic amines is 1. The van der Waals surface area contributed by atoms with Crippen LogP contribution in [0.5, 0.6) is 0 Å². The second-order valence-electron chi connectivity index (χ2n) is 7.49. The number of hydrogen-bond donors (Lipinski definition) is 3. The van der Waals surface area contributed by atoms with E-state index in [9.17, 15) is 22.0 Å². The zero-order valence-electron chi connectivity index (χ0n) is 17.8. The molecule has 2 heterocycles. The number of rotatable bonds is 7. The van der Waals surface area contributed by atoms with E-state index in [1.165, 1.54) is 6.20 Å². The number of hydrogen-bond acceptors (Lipinski definition) is 4. The highest BCUT2D eigenvalue weighted by atomic mass is 35.5. The van der Waals surface area contributed by atoms with E-state index in [2.05, 4.69) is 15.3 Å². The van der Waals surface area contributed by atoms with Gasteiger partial charge in [0.05, 0.1) is 23.3 Å². The number of pyridine rings is 1. The highest BCUT2D eigenvalue weighted by Crippen LogP contribution is 2.31. The summed E-state index contributed by atoms with van der Waals surface area (Å²) in [5.41, 5.74) is 0.885. The minimum Gasteiger partial charge on any atom is -0.346 e. The van der Waals surface area contributed by atoms with E-state index in [1.807, 2.05) is 10.8 Å². The predicted octanol–water partition coefficient (Wildman–Crippen LogP) is 5.57. The Balaban J connectivity index is 1.66. The Labute approximate surface area is 199 Å². The number of nitrogens with zero attached hydrogens (tertiary/aromatic N) is 1. The van der Waals surface area contributed by atoms with E-state index in [0.29, 0.717) is 22.5 Å². The highest BCUT2D eigenvalue weighted by molar-refractivity contribution is 7.92. The van der Waals surface area contributed by atoms with Gasteiger partial charge in [0.15, 0.2) is 5.82 Å². The first-order valence-corrected chi connectivity index (χ1v) is 12.2. The second-order valence-corrected chi connectivity index (χ2v) is 9.77. The van der Waals surface area contributed by atoms with Crippen molar-refractivity contribution in [3.05, 3.63) is 77.1 Å². The molecular weight excluding hydrogens is 486 g/mol. The molecule has 176 valence electrons. The van der Waals surface area contributed by atoms with Crippen molar-refractivity contribution in [2.24, 2.45) is 0 Å². The number of halogens is 3. The molecule has 7 nitrogen and oxygen atoms in total. The fourth-order valence-corrected chi connectivity index (χ4v) is 4.81. The topological polar surface area (TPSA) is 104 Å². The number of carbonyl (C=O) groups excluding carboxylic acids is 1. The number of aromatic nitrogens is 2. The molecule has 0 fully saturated rings. The van der Waals surface area contributed by atoms with Crippen molar-refractivity contribution in [2.75, 3.05) is 15.8 Å². The standard InChI is InChI=1S/C23H19ClF2N4O3S/c1-2-8-34(32,33)30-19-7-6-18(25)20(21(19)26)23(31)29-15-10-16-17(12-28-22(16)27-11-15)13-4-3-5-14(24)9-13/h3-7,9-12,30H,2,8H2,1H3,(H,27,28)(H,29,31). The van der Waals surface area contributed by atoms with Crippen LogP contribution in [0.15, 0.2) is 54.9 Å². The molecule has 11 heteroatoms. The predicted molar refractivity (Wildman–Crippen MR) is 129 cm³/mol. The van der Waals surface area contributed by atoms with Gasteiger partial charge in [0.1, 0.15) is 17.0 Å². The minimum atomic E-state index is -3.84. The van der Waals surface area contributed by atoms with Crippen molar-refractivity contribution in [2.45, 2.75) is 13.3 Å². The molecule has 4 aromatic rings. The van der Waals surface area contributed by atoms with Crippen LogP contribution in [-0.4, -0.2) is 30.0 Å². The molecule has 0 saturated carbocycles. The first-order chi connectivity index (χ1) is 16.2. The van der Waals surface area contributed by atoms with E-state index < -0.39 is 38.8 Å². The largest absolute Gasteiger partial charge is 0.346 e. The summed E-state index contributed by atoms with van der Waals surface area (Å²) in [6.07, 6.45) is 3.37. The Morgan fingerprint density at radius 1 is 1.18 bits per heavy atom. The lowest BCUT2D eigenvalue weighted by Crippen LogP contribution is -2.20. The van der Waals surface area contributed by atoms with Gasteiger partial charge in [-0.25, -0.2) is 22.2 Å². The first-order valence-electron chi connectivity index (χ1n) is 10.2. The summed E-state index contributed by atoms with van der Waals surface area (Å²) >= 11 is 6.08. The summed E-state index contributed by atoms with van der Waals surface area (Å²) in [6.45, 7) is 1.65. The smallest absolute Gasteiger partial charge is 0.261 e. The lowest BCUT2D eigenvalue weighted by molar-refractivity contribution is 0.101. The maximum Gasteiger partial charge on any atom is 0.261 e. The molecule has 0 aliphatic heterocycles. The van der Waals surface area contributed by atoms with Crippen LogP contribution < -0.4 is 10.0 Å². The van der Waals surface area contributed by atoms with Gasteiger partial charge in [-0.15, -0.1) is 0 Å². The minimum absolute atomic E-state index is 0.191. The molecule has 34 heavy (non-hydrogen) atoms. The number of anilines is 2. The van der Waals surface area contributed by atoms with Crippen LogP contribution >= 0.6 is 11.6 Å². The van der Waals surface area contributed by atoms with Crippen molar-refractivity contribution < 1.29 is 22.0 Å². The fourth-order valence-electron chi connectivity index (χ4n) is 3.49. The lowest BCUT2D eigenvalue weighted by Gasteiger charge is -2.12. The van der Waals surface area contributed by atoms with Gasteiger partial charge in [0.2, 0.25) is 10.0 Å². The molecule has 3 N–H and O–H groups in total. The van der Waals surface area contributed by atoms with Crippen molar-refractivity contribution >= 4 is 49.9 Å². The monoisotopic (exact) mass is 504 g/mol. The summed E-state index contributed by atoms with van der Waals surface area (Å²) in [5.74, 6) is -3.79. The summed E-state index contributed by atoms with van der Waals surface area (Å²) in [4.78, 5) is 20.0. The Hall–Kier alpha value is -3.50. The summed E-state index contributed by atoms with van der Waals surface area (Å²) < 4.78 is 55.3. The normalized spacial score (nSPS) is 11.5. The van der Waals surface area contributed by atoms with Crippen LogP contribution in [0.4, 0.5) is 20.2 Å². The number of H-pyrrole nitrogens is 1. The van der Waals surface area contributed by atoms with Gasteiger partial charge in [-0.1, -0.05) is 30.7 Å². The number of carbonyl (C=O) groups is 1. The average molecular weight is 505 g/mol. The third-order valence-corrected chi connectivity index (χ3v) is 6.69. The van der Waals surface area contributed by atoms with Gasteiger partial charge in [0.25, 0.3) is 5.91 Å². The molecule has 0 atom stereocenters. The van der Waals surface area contributed by atoms with Crippen LogP contribution in [0.1, 0.15) is 23.7 Å². The van der Waals surface area contributed by atoms with Gasteiger partial charge < -0.3 is 10.3 Å². The van der Waals surface area contributed by atoms with Crippen molar-refractivity contribution in [3.8, 4) is 11.1 Å². The average Bonchev–Trinajstić information content (AvgIpc) is 3.19. The van der Waals surface area contributed by atoms with Crippen molar-refractivity contribution in [1.82, 2.24) is 9.97 Å². The van der Waals surface area contributed by atoms with E-state index in [4.69, 9.17) is 11.6 Å². The molecule has 1 amide bonds. The van der Waals surface area contributed by atoms with Crippen LogP contribution in [-0.2, 0) is 10.0 Å². The van der Waals surface area contributed by atoms with Crippen LogP contribution in [0, 0.1) is 11.6 Å². The Kier molecular flexibility index (Phi) is 6.54. The molecule has 0 aliphatic rings. The van der Waals surface area contributed by atoms with Gasteiger partial charge in [-0.05, 0) is 42.3 Å². The third-order valence-electron chi connectivity index (χ3n) is 4.98. The molecule has 0 unspecified atom stereocenters. The van der Waals surface area contributed by atoms with E-state index in [1.54, 1.807) is 37.4 Å². The third kappa shape index (κ3) is 4.87. The van der Waals surface area contributed by atoms with Gasteiger partial charge in [-0.3, -0.25) is 9.52 Å². The van der Waals surface area contributed by atoms with Gasteiger partial charge >= 0.3 is 0 Å². The molecule has 2 aromatic heterocycles. The maximum absolute atomic E-state index is 14.9. The maximum atomic E-state index is 14.9. The zero-order valence-corrected chi connectivity index (χ0v) is 19.4. The molecule has 4 rings (SSSR count). The number of sulfonamides is 1. The Morgan fingerprint density at radius 2 is 1.97 bits per heavy atom. The number of amides is 1. The highest BCUT2D eigenvalue weighted by Gasteiger charge is 2.23. The van der Waals surface area contributed by atoms with E-state index in [-0.39, 0.29) is 11.4 Å². The molecule has 0 bridgehead atoms. The number of nitrogens with one attached hydrogen (secondary N) is 3. The van der Waals surface area contributed by atoms with Crippen LogP contribution in [0.3, 0.4) is 0 Å². The number of benzene rings is 2. The lowest BCUT2D eigenvalue weighted by atomic mass is 10.1. The van der Waals surface area contributed by atoms with Crippen LogP contribution in [0.25, 0.3) is 22.2 Å². The summed E-state index contributed by atoms with van der Waals surface area (Å²) in [6, 6.07) is 10.5. The fraction of sp³-hybridized carbons (Fsp3) is 0.130. The van der Waals surface area contributed by atoms with Gasteiger partial charge in [0, 0.05) is 22.2 Å². The molecule has 0 radical (unpaired) electrons. The Morgan fingerprint density at radius 3 is 2.71 bits per heavy atom. The SMILES string of the molecule is CCCS(=O)(=O)Nc1ccc(F)c(C(=O)Nc2cnc3[nH]cc(-c4cccc(Cl)c4)c3c2)c1F. The first kappa shape index (κ1) is 23.7. The molecule has 0 saturated heterocycles. The van der Waals surface area contributed by atoms with E-state index >= 15 is 0 Å². The van der Waals surface area contributed by atoms with Gasteiger partial charge in [-0.2, -0.15) is 0 Å². The molecule has 0 aliphatic carbocycles. The van der Waals surface area contributed by atoms with Crippen molar-refractivity contribution in [1.29, 1.82) is 0 Å². The number of fused-ring (bicyclic) bond motifs is 1.